The summed E-state index contributed by atoms with van der Waals surface area (Å²) in [5.41, 5.74) is 3.31. The Morgan fingerprint density at radius 3 is 2.37 bits per heavy atom. The van der Waals surface area contributed by atoms with E-state index in [0.717, 1.165) is 35.4 Å². The zero-order valence-corrected chi connectivity index (χ0v) is 20.3. The van der Waals surface area contributed by atoms with Crippen molar-refractivity contribution in [2.75, 3.05) is 33.3 Å². The Balaban J connectivity index is 1.63. The maximum absolute atomic E-state index is 13.1. The number of ketones is 1. The molecule has 0 spiro atoms. The number of hydrogen-bond acceptors (Lipinski definition) is 8. The molecule has 0 bridgehead atoms. The molecular formula is C26H28N4O5. The number of anilines is 1. The van der Waals surface area contributed by atoms with Crippen LogP contribution in [0.5, 0.6) is 23.0 Å². The zero-order chi connectivity index (χ0) is 24.5. The predicted molar refractivity (Wildman–Crippen MR) is 130 cm³/mol. The summed E-state index contributed by atoms with van der Waals surface area (Å²) in [6, 6.07) is 11.1. The normalized spacial score (nSPS) is 16.8. The third-order valence-electron chi connectivity index (χ3n) is 6.30. The molecule has 0 saturated heterocycles. The Morgan fingerprint density at radius 2 is 1.74 bits per heavy atom. The van der Waals surface area contributed by atoms with Crippen LogP contribution in [0.3, 0.4) is 0 Å². The molecule has 0 saturated carbocycles. The van der Waals surface area contributed by atoms with E-state index in [2.05, 4.69) is 5.32 Å². The molecule has 3 aromatic rings. The zero-order valence-electron chi connectivity index (χ0n) is 20.3. The largest absolute Gasteiger partial charge is 0.494 e. The molecule has 2 heterocycles. The molecule has 35 heavy (non-hydrogen) atoms. The van der Waals surface area contributed by atoms with Crippen molar-refractivity contribution in [1.29, 1.82) is 0 Å². The summed E-state index contributed by atoms with van der Waals surface area (Å²) in [5.74, 6) is 3.50. The molecular weight excluding hydrogens is 448 g/mol. The number of Topliss-reactive ketones (excluding diaryl/α,β-unsaturated/α-hetero) is 1. The van der Waals surface area contributed by atoms with Crippen LogP contribution in [0.2, 0.25) is 0 Å². The van der Waals surface area contributed by atoms with Crippen molar-refractivity contribution in [1.82, 2.24) is 14.8 Å². The number of nitrogens with one attached hydrogen (secondary N) is 1. The number of rotatable bonds is 7. The molecule has 0 fully saturated rings. The number of allylic oxidation sites excluding steroid dienone is 2. The smallest absolute Gasteiger partial charge is 0.226 e. The second kappa shape index (κ2) is 9.32. The Bertz CT molecular complexity index is 1270. The first-order chi connectivity index (χ1) is 17.1. The molecule has 182 valence electrons. The number of methoxy groups -OCH3 is 3. The molecule has 1 N–H and O–H groups in total. The Morgan fingerprint density at radius 1 is 1.03 bits per heavy atom. The average molecular weight is 477 g/mol. The second-order valence-corrected chi connectivity index (χ2v) is 8.32. The van der Waals surface area contributed by atoms with Crippen molar-refractivity contribution in [3.63, 3.8) is 0 Å². The molecule has 5 rings (SSSR count). The van der Waals surface area contributed by atoms with Gasteiger partial charge in [-0.2, -0.15) is 4.98 Å². The summed E-state index contributed by atoms with van der Waals surface area (Å²) < 4.78 is 23.9. The standard InChI is InChI=1S/C26H28N4O5/c1-5-35-17-11-9-15(10-12-17)23-22-18(7-6-8-19(22)31)27-26-28-25(29-30(23)26)16-13-20(32-2)24(34-4)21(14-16)33-3/h9-14,23H,5-8H2,1-4H3,(H,27,28,29)/t23-/m1/s1. The molecule has 0 radical (unpaired) electrons. The maximum atomic E-state index is 13.1. The van der Waals surface area contributed by atoms with Crippen LogP contribution in [0, 0.1) is 0 Å². The van der Waals surface area contributed by atoms with Gasteiger partial charge in [0.25, 0.3) is 0 Å². The fourth-order valence-electron chi connectivity index (χ4n) is 4.71. The number of nitrogens with zero attached hydrogens (tertiary/aromatic N) is 3. The van der Waals surface area contributed by atoms with Gasteiger partial charge in [-0.05, 0) is 49.6 Å². The third-order valence-corrected chi connectivity index (χ3v) is 6.30. The second-order valence-electron chi connectivity index (χ2n) is 8.32. The minimum absolute atomic E-state index is 0.133. The van der Waals surface area contributed by atoms with Crippen LogP contribution < -0.4 is 24.3 Å². The van der Waals surface area contributed by atoms with Gasteiger partial charge in [0, 0.05) is 23.3 Å². The van der Waals surface area contributed by atoms with E-state index in [9.17, 15) is 4.79 Å². The molecule has 2 aromatic carbocycles. The highest BCUT2D eigenvalue weighted by molar-refractivity contribution is 5.99. The van der Waals surface area contributed by atoms with Crippen molar-refractivity contribution in [2.45, 2.75) is 32.2 Å². The quantitative estimate of drug-likeness (QED) is 0.536. The van der Waals surface area contributed by atoms with Gasteiger partial charge in [0.05, 0.1) is 27.9 Å². The lowest BCUT2D eigenvalue weighted by molar-refractivity contribution is -0.116. The molecule has 0 unspecified atom stereocenters. The number of carbonyl (C=O) groups excluding carboxylic acids is 1. The van der Waals surface area contributed by atoms with E-state index in [0.29, 0.717) is 47.6 Å². The number of benzene rings is 2. The maximum Gasteiger partial charge on any atom is 0.226 e. The van der Waals surface area contributed by atoms with Crippen molar-refractivity contribution < 1.29 is 23.7 Å². The van der Waals surface area contributed by atoms with Crippen LogP contribution in [-0.4, -0.2) is 48.5 Å². The monoisotopic (exact) mass is 476 g/mol. The Labute approximate surface area is 203 Å². The van der Waals surface area contributed by atoms with Gasteiger partial charge < -0.3 is 24.3 Å². The first-order valence-corrected chi connectivity index (χ1v) is 11.6. The van der Waals surface area contributed by atoms with Gasteiger partial charge in [0.2, 0.25) is 11.7 Å². The molecule has 1 aliphatic heterocycles. The number of fused-ring (bicyclic) bond motifs is 1. The molecule has 0 amide bonds. The number of ether oxygens (including phenoxy) is 4. The summed E-state index contributed by atoms with van der Waals surface area (Å²) in [6.07, 6.45) is 2.13. The topological polar surface area (TPSA) is 96.7 Å². The lowest BCUT2D eigenvalue weighted by Gasteiger charge is -2.32. The van der Waals surface area contributed by atoms with Crippen LogP contribution in [0.25, 0.3) is 11.4 Å². The highest BCUT2D eigenvalue weighted by Crippen LogP contribution is 2.43. The summed E-state index contributed by atoms with van der Waals surface area (Å²) in [4.78, 5) is 17.9. The number of carbonyl (C=O) groups is 1. The van der Waals surface area contributed by atoms with Gasteiger partial charge in [-0.15, -0.1) is 5.10 Å². The summed E-state index contributed by atoms with van der Waals surface area (Å²) >= 11 is 0. The van der Waals surface area contributed by atoms with Crippen molar-refractivity contribution in [2.24, 2.45) is 0 Å². The predicted octanol–water partition coefficient (Wildman–Crippen LogP) is 4.39. The summed E-state index contributed by atoms with van der Waals surface area (Å²) in [5, 5.41) is 8.21. The molecule has 9 heteroatoms. The van der Waals surface area contributed by atoms with E-state index in [1.807, 2.05) is 43.3 Å². The molecule has 1 aromatic heterocycles. The molecule has 9 nitrogen and oxygen atoms in total. The van der Waals surface area contributed by atoms with Gasteiger partial charge in [-0.25, -0.2) is 4.68 Å². The average Bonchev–Trinajstić information content (AvgIpc) is 3.31. The first kappa shape index (κ1) is 22.8. The SMILES string of the molecule is CCOc1ccc([C@@H]2C3=C(CCCC3=O)Nc3nc(-c4cc(OC)c(OC)c(OC)c4)nn32)cc1. The third kappa shape index (κ3) is 3.96. The van der Waals surface area contributed by atoms with Gasteiger partial charge in [-0.1, -0.05) is 12.1 Å². The first-order valence-electron chi connectivity index (χ1n) is 11.6. The van der Waals surface area contributed by atoms with Gasteiger partial charge >= 0.3 is 0 Å². The van der Waals surface area contributed by atoms with Crippen molar-refractivity contribution in [3.05, 3.63) is 53.2 Å². The minimum Gasteiger partial charge on any atom is -0.494 e. The fourth-order valence-corrected chi connectivity index (χ4v) is 4.71. The Kier molecular flexibility index (Phi) is 6.07. The van der Waals surface area contributed by atoms with Crippen molar-refractivity contribution in [3.8, 4) is 34.4 Å². The van der Waals surface area contributed by atoms with Crippen LogP contribution in [0.1, 0.15) is 37.8 Å². The highest BCUT2D eigenvalue weighted by atomic mass is 16.5. The summed E-state index contributed by atoms with van der Waals surface area (Å²) in [7, 11) is 4.70. The fraction of sp³-hybridized carbons (Fsp3) is 0.346. The van der Waals surface area contributed by atoms with E-state index in [1.165, 1.54) is 0 Å². The number of hydrogen-bond donors (Lipinski definition) is 1. The van der Waals surface area contributed by atoms with Crippen LogP contribution in [-0.2, 0) is 4.79 Å². The summed E-state index contributed by atoms with van der Waals surface area (Å²) in [6.45, 7) is 2.54. The van der Waals surface area contributed by atoms with E-state index in [-0.39, 0.29) is 11.8 Å². The highest BCUT2D eigenvalue weighted by Gasteiger charge is 2.37. The van der Waals surface area contributed by atoms with Gasteiger partial charge in [0.15, 0.2) is 23.1 Å². The van der Waals surface area contributed by atoms with E-state index in [1.54, 1.807) is 26.0 Å². The lowest BCUT2D eigenvalue weighted by atomic mass is 9.85. The van der Waals surface area contributed by atoms with E-state index < -0.39 is 0 Å². The van der Waals surface area contributed by atoms with Gasteiger partial charge in [-0.3, -0.25) is 4.79 Å². The van der Waals surface area contributed by atoms with E-state index in [4.69, 9.17) is 29.0 Å². The van der Waals surface area contributed by atoms with Crippen molar-refractivity contribution >= 4 is 11.7 Å². The lowest BCUT2D eigenvalue weighted by Crippen LogP contribution is -2.31. The van der Waals surface area contributed by atoms with Crippen LogP contribution in [0.4, 0.5) is 5.95 Å². The molecule has 1 atom stereocenters. The molecule has 1 aliphatic carbocycles. The Hall–Kier alpha value is -4.01. The minimum atomic E-state index is -0.381. The van der Waals surface area contributed by atoms with E-state index >= 15 is 0 Å². The van der Waals surface area contributed by atoms with Crippen LogP contribution in [0.15, 0.2) is 47.7 Å². The number of aromatic nitrogens is 3. The van der Waals surface area contributed by atoms with Gasteiger partial charge in [0.1, 0.15) is 11.8 Å². The van der Waals surface area contributed by atoms with Crippen LogP contribution >= 0.6 is 0 Å². The molecule has 2 aliphatic rings.